The third kappa shape index (κ3) is 1.76. The second-order valence-corrected chi connectivity index (χ2v) is 4.53. The normalized spacial score (nSPS) is 10.8. The van der Waals surface area contributed by atoms with Crippen LogP contribution in [0.4, 0.5) is 0 Å². The standard InChI is InChI=1S/C16H15N2/c1-12-7-3-5-9-14(12)16-11-13-8-4-6-10-15(13)17-18(16)2/h3-11H,1-2H3/q+1. The van der Waals surface area contributed by atoms with E-state index in [9.17, 15) is 0 Å². The van der Waals surface area contributed by atoms with Crippen molar-refractivity contribution in [2.45, 2.75) is 6.92 Å². The van der Waals surface area contributed by atoms with Crippen molar-refractivity contribution < 1.29 is 4.68 Å². The van der Waals surface area contributed by atoms with Crippen LogP contribution in [0.25, 0.3) is 22.2 Å². The number of benzene rings is 2. The molecule has 3 aromatic rings. The van der Waals surface area contributed by atoms with E-state index in [1.165, 1.54) is 16.5 Å². The van der Waals surface area contributed by atoms with E-state index in [1.54, 1.807) is 0 Å². The molecule has 1 aromatic heterocycles. The molecule has 18 heavy (non-hydrogen) atoms. The summed E-state index contributed by atoms with van der Waals surface area (Å²) >= 11 is 0. The highest BCUT2D eigenvalue weighted by molar-refractivity contribution is 5.80. The Morgan fingerprint density at radius 2 is 1.67 bits per heavy atom. The Balaban J connectivity index is 2.30. The number of hydrogen-bond acceptors (Lipinski definition) is 1. The van der Waals surface area contributed by atoms with E-state index >= 15 is 0 Å². The minimum atomic E-state index is 1.03. The summed E-state index contributed by atoms with van der Waals surface area (Å²) in [4.78, 5) is 0. The van der Waals surface area contributed by atoms with Gasteiger partial charge in [-0.25, -0.2) is 0 Å². The second kappa shape index (κ2) is 4.22. The third-order valence-corrected chi connectivity index (χ3v) is 3.26. The van der Waals surface area contributed by atoms with Crippen molar-refractivity contribution in [3.05, 3.63) is 60.2 Å². The van der Waals surface area contributed by atoms with Crippen molar-refractivity contribution in [2.24, 2.45) is 7.05 Å². The molecule has 2 heteroatoms. The van der Waals surface area contributed by atoms with Gasteiger partial charge < -0.3 is 0 Å². The molecule has 0 radical (unpaired) electrons. The van der Waals surface area contributed by atoms with Crippen LogP contribution in [0.2, 0.25) is 0 Å². The maximum absolute atomic E-state index is 4.61. The molecule has 0 fully saturated rings. The third-order valence-electron chi connectivity index (χ3n) is 3.26. The van der Waals surface area contributed by atoms with E-state index in [-0.39, 0.29) is 0 Å². The number of aromatic nitrogens is 2. The van der Waals surface area contributed by atoms with Crippen molar-refractivity contribution in [3.63, 3.8) is 0 Å². The van der Waals surface area contributed by atoms with Crippen molar-refractivity contribution in [3.8, 4) is 11.3 Å². The number of fused-ring (bicyclic) bond motifs is 1. The Bertz CT molecular complexity index is 717. The lowest BCUT2D eigenvalue weighted by Crippen LogP contribution is -2.35. The zero-order chi connectivity index (χ0) is 12.5. The highest BCUT2D eigenvalue weighted by atomic mass is 15.2. The molecule has 2 nitrogen and oxygen atoms in total. The van der Waals surface area contributed by atoms with Gasteiger partial charge in [-0.1, -0.05) is 41.1 Å². The van der Waals surface area contributed by atoms with E-state index in [1.807, 2.05) is 29.9 Å². The topological polar surface area (TPSA) is 16.8 Å². The van der Waals surface area contributed by atoms with Crippen LogP contribution in [0, 0.1) is 6.92 Å². The van der Waals surface area contributed by atoms with Crippen molar-refractivity contribution in [1.29, 1.82) is 0 Å². The number of hydrogen-bond donors (Lipinski definition) is 0. The fourth-order valence-corrected chi connectivity index (χ4v) is 2.27. The second-order valence-electron chi connectivity index (χ2n) is 4.53. The summed E-state index contributed by atoms with van der Waals surface area (Å²) in [7, 11) is 1.99. The molecular formula is C16H15N2+. The van der Waals surface area contributed by atoms with Gasteiger partial charge in [-0.05, 0) is 24.6 Å². The molecule has 0 N–H and O–H groups in total. The van der Waals surface area contributed by atoms with Crippen LogP contribution < -0.4 is 4.68 Å². The molecular weight excluding hydrogens is 220 g/mol. The molecule has 88 valence electrons. The lowest BCUT2D eigenvalue weighted by atomic mass is 10.0. The predicted molar refractivity (Wildman–Crippen MR) is 73.1 cm³/mol. The molecule has 0 aliphatic rings. The average Bonchev–Trinajstić information content (AvgIpc) is 2.39. The van der Waals surface area contributed by atoms with Crippen molar-refractivity contribution in [2.75, 3.05) is 0 Å². The first-order valence-electron chi connectivity index (χ1n) is 6.08. The highest BCUT2D eigenvalue weighted by Crippen LogP contribution is 2.21. The van der Waals surface area contributed by atoms with E-state index in [0.29, 0.717) is 0 Å². The first-order chi connectivity index (χ1) is 8.75. The summed E-state index contributed by atoms with van der Waals surface area (Å²) in [5.74, 6) is 0. The Morgan fingerprint density at radius 3 is 2.50 bits per heavy atom. The summed E-state index contributed by atoms with van der Waals surface area (Å²) in [6.45, 7) is 2.13. The summed E-state index contributed by atoms with van der Waals surface area (Å²) in [5.41, 5.74) is 4.67. The molecule has 0 unspecified atom stereocenters. The van der Waals surface area contributed by atoms with Crippen LogP contribution in [0.15, 0.2) is 54.6 Å². The smallest absolute Gasteiger partial charge is 0.0858 e. The lowest BCUT2D eigenvalue weighted by Gasteiger charge is -2.03. The molecule has 3 rings (SSSR count). The Labute approximate surface area is 107 Å². The van der Waals surface area contributed by atoms with E-state index < -0.39 is 0 Å². The van der Waals surface area contributed by atoms with E-state index in [4.69, 9.17) is 0 Å². The highest BCUT2D eigenvalue weighted by Gasteiger charge is 2.14. The molecule has 0 saturated carbocycles. The molecule has 0 aliphatic heterocycles. The Hall–Kier alpha value is -2.22. The van der Waals surface area contributed by atoms with Gasteiger partial charge in [-0.3, -0.25) is 0 Å². The molecule has 0 saturated heterocycles. The maximum atomic E-state index is 4.61. The summed E-state index contributed by atoms with van der Waals surface area (Å²) in [6.07, 6.45) is 0. The van der Waals surface area contributed by atoms with Gasteiger partial charge in [0.25, 0.3) is 0 Å². The van der Waals surface area contributed by atoms with Gasteiger partial charge in [-0.15, -0.1) is 0 Å². The van der Waals surface area contributed by atoms with Gasteiger partial charge in [0.2, 0.25) is 5.69 Å². The lowest BCUT2D eigenvalue weighted by molar-refractivity contribution is -0.718. The zero-order valence-corrected chi connectivity index (χ0v) is 10.6. The number of aryl methyl sites for hydroxylation is 2. The van der Waals surface area contributed by atoms with Crippen LogP contribution in [-0.2, 0) is 7.05 Å². The van der Waals surface area contributed by atoms with Gasteiger partial charge in [0.05, 0.1) is 5.56 Å². The average molecular weight is 235 g/mol. The van der Waals surface area contributed by atoms with Gasteiger partial charge in [0.15, 0.2) is 7.05 Å². The van der Waals surface area contributed by atoms with E-state index in [0.717, 1.165) is 11.2 Å². The van der Waals surface area contributed by atoms with Crippen LogP contribution in [-0.4, -0.2) is 5.10 Å². The maximum Gasteiger partial charge on any atom is 0.239 e. The van der Waals surface area contributed by atoms with Crippen LogP contribution in [0.5, 0.6) is 0 Å². The minimum absolute atomic E-state index is 1.03. The largest absolute Gasteiger partial charge is 0.239 e. The van der Waals surface area contributed by atoms with Crippen LogP contribution in [0.3, 0.4) is 0 Å². The molecule has 0 bridgehead atoms. The first kappa shape index (κ1) is 10.9. The molecule has 0 aliphatic carbocycles. The molecule has 2 aromatic carbocycles. The summed E-state index contributed by atoms with van der Waals surface area (Å²) in [6, 6.07) is 18.8. The van der Waals surface area contributed by atoms with Crippen LogP contribution in [0.1, 0.15) is 5.56 Å². The molecule has 0 atom stereocenters. The SMILES string of the molecule is Cc1ccccc1-c1cc2ccccc2n[n+]1C. The number of rotatable bonds is 1. The van der Waals surface area contributed by atoms with Crippen molar-refractivity contribution >= 4 is 10.9 Å². The predicted octanol–water partition coefficient (Wildman–Crippen LogP) is 3.03. The van der Waals surface area contributed by atoms with E-state index in [2.05, 4.69) is 48.4 Å². The fourth-order valence-electron chi connectivity index (χ4n) is 2.27. The monoisotopic (exact) mass is 235 g/mol. The number of nitrogens with zero attached hydrogens (tertiary/aromatic N) is 2. The molecule has 0 spiro atoms. The first-order valence-corrected chi connectivity index (χ1v) is 6.08. The fraction of sp³-hybridized carbons (Fsp3) is 0.125. The molecule has 0 amide bonds. The molecule has 1 heterocycles. The summed E-state index contributed by atoms with van der Waals surface area (Å²) < 4.78 is 1.95. The van der Waals surface area contributed by atoms with Crippen molar-refractivity contribution in [1.82, 2.24) is 5.10 Å². The van der Waals surface area contributed by atoms with Gasteiger partial charge in [-0.2, -0.15) is 0 Å². The Kier molecular flexibility index (Phi) is 2.56. The van der Waals surface area contributed by atoms with Gasteiger partial charge in [0.1, 0.15) is 5.52 Å². The summed E-state index contributed by atoms with van der Waals surface area (Å²) in [5, 5.41) is 5.78. The van der Waals surface area contributed by atoms with Gasteiger partial charge in [0, 0.05) is 16.6 Å². The quantitative estimate of drug-likeness (QED) is 0.592. The Morgan fingerprint density at radius 1 is 0.944 bits per heavy atom. The minimum Gasteiger partial charge on any atom is -0.0858 e. The zero-order valence-electron chi connectivity index (χ0n) is 10.6. The van der Waals surface area contributed by atoms with Crippen LogP contribution >= 0.6 is 0 Å². The van der Waals surface area contributed by atoms with Gasteiger partial charge >= 0.3 is 0 Å².